The maximum Gasteiger partial charge on any atom is 0.278 e. The Hall–Kier alpha value is -3.26. The van der Waals surface area contributed by atoms with E-state index in [1.807, 2.05) is 59.5 Å². The highest BCUT2D eigenvalue weighted by molar-refractivity contribution is 6.33. The van der Waals surface area contributed by atoms with Crippen LogP contribution in [-0.4, -0.2) is 23.7 Å². The highest BCUT2D eigenvalue weighted by Crippen LogP contribution is 2.40. The van der Waals surface area contributed by atoms with E-state index in [9.17, 15) is 4.79 Å². The first-order chi connectivity index (χ1) is 14.6. The zero-order valence-electron chi connectivity index (χ0n) is 15.9. The lowest BCUT2D eigenvalue weighted by Gasteiger charge is -2.42. The molecular formula is C24H17Cl2N3O. The SMILES string of the molecule is C#CCN1c2ccccc2C(=O)N(N=Cc2ccccc2Cl)C1c1ccccc1Cl. The van der Waals surface area contributed by atoms with Crippen LogP contribution in [0.4, 0.5) is 5.69 Å². The summed E-state index contributed by atoms with van der Waals surface area (Å²) in [7, 11) is 0. The first-order valence-electron chi connectivity index (χ1n) is 9.27. The smallest absolute Gasteiger partial charge is 0.278 e. The highest BCUT2D eigenvalue weighted by Gasteiger charge is 2.39. The quantitative estimate of drug-likeness (QED) is 0.395. The van der Waals surface area contributed by atoms with Crippen molar-refractivity contribution in [3.05, 3.63) is 99.5 Å². The molecule has 6 heteroatoms. The Kier molecular flexibility index (Phi) is 5.76. The Balaban J connectivity index is 1.89. The van der Waals surface area contributed by atoms with Crippen molar-refractivity contribution in [1.29, 1.82) is 0 Å². The third-order valence-electron chi connectivity index (χ3n) is 4.85. The number of hydrogen-bond acceptors (Lipinski definition) is 3. The van der Waals surface area contributed by atoms with Gasteiger partial charge in [-0.25, -0.2) is 5.01 Å². The summed E-state index contributed by atoms with van der Waals surface area (Å²) in [5.74, 6) is 2.44. The van der Waals surface area contributed by atoms with Crippen LogP contribution in [0.15, 0.2) is 77.9 Å². The third kappa shape index (κ3) is 3.66. The fourth-order valence-corrected chi connectivity index (χ4v) is 3.89. The summed E-state index contributed by atoms with van der Waals surface area (Å²) in [6, 6.07) is 22.0. The molecule has 1 amide bonds. The van der Waals surface area contributed by atoms with Crippen LogP contribution < -0.4 is 4.90 Å². The van der Waals surface area contributed by atoms with Crippen LogP contribution in [0.5, 0.6) is 0 Å². The van der Waals surface area contributed by atoms with E-state index < -0.39 is 6.17 Å². The first-order valence-corrected chi connectivity index (χ1v) is 10.0. The van der Waals surface area contributed by atoms with Gasteiger partial charge >= 0.3 is 0 Å². The number of benzene rings is 3. The van der Waals surface area contributed by atoms with Gasteiger partial charge in [-0.1, -0.05) is 77.7 Å². The summed E-state index contributed by atoms with van der Waals surface area (Å²) < 4.78 is 0. The molecule has 1 heterocycles. The van der Waals surface area contributed by atoms with Crippen molar-refractivity contribution >= 4 is 41.0 Å². The number of halogens is 2. The minimum absolute atomic E-state index is 0.243. The molecule has 0 aromatic heterocycles. The van der Waals surface area contributed by atoms with Gasteiger partial charge in [0.1, 0.15) is 0 Å². The summed E-state index contributed by atoms with van der Waals surface area (Å²) in [5.41, 5.74) is 2.70. The van der Waals surface area contributed by atoms with Gasteiger partial charge in [0.05, 0.1) is 24.0 Å². The predicted molar refractivity (Wildman–Crippen MR) is 122 cm³/mol. The van der Waals surface area contributed by atoms with Gasteiger partial charge in [0.15, 0.2) is 6.17 Å². The van der Waals surface area contributed by atoms with Crippen LogP contribution in [-0.2, 0) is 0 Å². The Morgan fingerprint density at radius 1 is 0.967 bits per heavy atom. The molecule has 30 heavy (non-hydrogen) atoms. The molecule has 4 nitrogen and oxygen atoms in total. The molecule has 4 rings (SSSR count). The maximum atomic E-state index is 13.4. The van der Waals surface area contributed by atoms with Crippen LogP contribution >= 0.6 is 23.2 Å². The number of fused-ring (bicyclic) bond motifs is 1. The van der Waals surface area contributed by atoms with Crippen LogP contribution in [0.25, 0.3) is 0 Å². The molecule has 0 saturated carbocycles. The average Bonchev–Trinajstić information content (AvgIpc) is 2.76. The summed E-state index contributed by atoms with van der Waals surface area (Å²) in [6.07, 6.45) is 6.65. The largest absolute Gasteiger partial charge is 0.334 e. The lowest BCUT2D eigenvalue weighted by atomic mass is 10.0. The molecular weight excluding hydrogens is 417 g/mol. The second-order valence-electron chi connectivity index (χ2n) is 6.66. The lowest BCUT2D eigenvalue weighted by molar-refractivity contribution is 0.0660. The van der Waals surface area contributed by atoms with E-state index in [2.05, 4.69) is 11.0 Å². The second-order valence-corrected chi connectivity index (χ2v) is 7.47. The number of anilines is 1. The number of carbonyl (C=O) groups is 1. The van der Waals surface area contributed by atoms with Crippen LogP contribution in [0.3, 0.4) is 0 Å². The molecule has 0 fully saturated rings. The molecule has 0 N–H and O–H groups in total. The van der Waals surface area contributed by atoms with Gasteiger partial charge in [-0.05, 0) is 24.3 Å². The standard InChI is InChI=1S/C24H17Cl2N3O/c1-2-15-28-22-14-8-5-11-19(22)24(30)29(23(28)18-10-4-7-13-21(18)26)27-16-17-9-3-6-12-20(17)25/h1,3-14,16,23H,15H2. The maximum absolute atomic E-state index is 13.4. The van der Waals surface area contributed by atoms with Gasteiger partial charge in [0.2, 0.25) is 0 Å². The van der Waals surface area contributed by atoms with Crippen LogP contribution in [0, 0.1) is 12.3 Å². The van der Waals surface area contributed by atoms with Gasteiger partial charge in [-0.2, -0.15) is 5.10 Å². The third-order valence-corrected chi connectivity index (χ3v) is 5.54. The molecule has 0 radical (unpaired) electrons. The number of hydrogen-bond donors (Lipinski definition) is 0. The van der Waals surface area contributed by atoms with Crippen LogP contribution in [0.1, 0.15) is 27.7 Å². The van der Waals surface area contributed by atoms with Gasteiger partial charge in [-0.3, -0.25) is 4.79 Å². The number of rotatable bonds is 4. The van der Waals surface area contributed by atoms with Crippen molar-refractivity contribution in [2.45, 2.75) is 6.17 Å². The Labute approximate surface area is 185 Å². The molecule has 0 aliphatic carbocycles. The fraction of sp³-hybridized carbons (Fsp3) is 0.0833. The topological polar surface area (TPSA) is 35.9 Å². The van der Waals surface area contributed by atoms with E-state index in [0.717, 1.165) is 11.3 Å². The summed E-state index contributed by atoms with van der Waals surface area (Å²) in [5, 5.41) is 7.00. The van der Waals surface area contributed by atoms with E-state index in [1.54, 1.807) is 24.4 Å². The van der Waals surface area contributed by atoms with Crippen molar-refractivity contribution < 1.29 is 4.79 Å². The molecule has 1 aliphatic heterocycles. The molecule has 3 aromatic rings. The number of carbonyl (C=O) groups excluding carboxylic acids is 1. The average molecular weight is 434 g/mol. The van der Waals surface area contributed by atoms with E-state index in [-0.39, 0.29) is 12.5 Å². The zero-order valence-corrected chi connectivity index (χ0v) is 17.4. The van der Waals surface area contributed by atoms with Crippen molar-refractivity contribution in [3.8, 4) is 12.3 Å². The summed E-state index contributed by atoms with van der Waals surface area (Å²) in [6.45, 7) is 0.276. The molecule has 3 aromatic carbocycles. The number of amides is 1. The molecule has 1 atom stereocenters. The van der Waals surface area contributed by atoms with Gasteiger partial charge < -0.3 is 4.90 Å². The van der Waals surface area contributed by atoms with Crippen molar-refractivity contribution in [2.24, 2.45) is 5.10 Å². The Morgan fingerprint density at radius 3 is 2.37 bits per heavy atom. The number of para-hydroxylation sites is 1. The van der Waals surface area contributed by atoms with E-state index in [1.165, 1.54) is 5.01 Å². The monoisotopic (exact) mass is 433 g/mol. The lowest BCUT2D eigenvalue weighted by Crippen LogP contribution is -2.47. The summed E-state index contributed by atoms with van der Waals surface area (Å²) >= 11 is 12.8. The second kappa shape index (κ2) is 8.62. The van der Waals surface area contributed by atoms with Gasteiger partial charge in [0.25, 0.3) is 5.91 Å². The normalized spacial score (nSPS) is 15.9. The molecule has 148 valence electrons. The predicted octanol–water partition coefficient (Wildman–Crippen LogP) is 5.62. The summed E-state index contributed by atoms with van der Waals surface area (Å²) in [4.78, 5) is 15.4. The van der Waals surface area contributed by atoms with Gasteiger partial charge in [0, 0.05) is 21.2 Å². The van der Waals surface area contributed by atoms with Crippen molar-refractivity contribution in [2.75, 3.05) is 11.4 Å². The number of terminal acetylenes is 1. The molecule has 0 saturated heterocycles. The van der Waals surface area contributed by atoms with Crippen molar-refractivity contribution in [3.63, 3.8) is 0 Å². The molecule has 1 unspecified atom stereocenters. The Bertz CT molecular complexity index is 1170. The highest BCUT2D eigenvalue weighted by atomic mass is 35.5. The van der Waals surface area contributed by atoms with Gasteiger partial charge in [-0.15, -0.1) is 6.42 Å². The zero-order chi connectivity index (χ0) is 21.1. The van der Waals surface area contributed by atoms with Crippen LogP contribution in [0.2, 0.25) is 10.0 Å². The van der Waals surface area contributed by atoms with E-state index >= 15 is 0 Å². The Morgan fingerprint density at radius 2 is 1.63 bits per heavy atom. The van der Waals surface area contributed by atoms with E-state index in [0.29, 0.717) is 21.2 Å². The van der Waals surface area contributed by atoms with E-state index in [4.69, 9.17) is 29.6 Å². The minimum Gasteiger partial charge on any atom is -0.334 e. The molecule has 1 aliphatic rings. The first kappa shape index (κ1) is 20.0. The van der Waals surface area contributed by atoms with Crippen molar-refractivity contribution in [1.82, 2.24) is 5.01 Å². The minimum atomic E-state index is -0.601. The number of hydrazone groups is 1. The number of nitrogens with zero attached hydrogens (tertiary/aromatic N) is 3. The molecule has 0 spiro atoms. The fourth-order valence-electron chi connectivity index (χ4n) is 3.48. The molecule has 0 bridgehead atoms.